The van der Waals surface area contributed by atoms with Gasteiger partial charge in [0, 0.05) is 37.7 Å². The maximum absolute atomic E-state index is 12.6. The fourth-order valence-electron chi connectivity index (χ4n) is 14.6. The normalized spacial score (nSPS) is 52.8. The molecule has 4 saturated carbocycles. The van der Waals surface area contributed by atoms with Gasteiger partial charge in [0.1, 0.15) is 55.4 Å². The van der Waals surface area contributed by atoms with Gasteiger partial charge in [0.15, 0.2) is 25.2 Å². The molecule has 7 N–H and O–H groups in total. The van der Waals surface area contributed by atoms with Crippen LogP contribution in [0.5, 0.6) is 0 Å². The van der Waals surface area contributed by atoms with Gasteiger partial charge < -0.3 is 83.1 Å². The van der Waals surface area contributed by atoms with Crippen LogP contribution < -0.4 is 0 Å². The van der Waals surface area contributed by atoms with Crippen LogP contribution >= 0.6 is 0 Å². The van der Waals surface area contributed by atoms with Gasteiger partial charge >= 0.3 is 11.9 Å². The Balaban J connectivity index is 0.746. The van der Waals surface area contributed by atoms with Gasteiger partial charge in [-0.2, -0.15) is 0 Å². The standard InChI is InChI=1S/C49H76O19/c1-22-43(66-38-18-33(53)44(23(2)61-38)67-39-19-34(63-25(4)51)45(24(3)62-39)68-46-42(57)41(56)40(55)35(20-50)65-46)32(52)17-37(60-22)64-28-9-12-47(5)27(16-28)7-8-31-30(47)10-13-48(6)29(11-14-49(31,48)58)26-15-36(54)59-21-26/h15,22-24,27-35,37-46,50,52-53,55-58H,7-14,16-21H2,1-6H3/t22-,23-,24-,27-,28-,29-,30+,31+,32-,33-,34-,35+,37-,38-,39+,40+,41-,42+,43+,44+,45-,46-,47+,48-,49-/m1/s1. The van der Waals surface area contributed by atoms with Gasteiger partial charge in [-0.15, -0.1) is 0 Å². The van der Waals surface area contributed by atoms with E-state index in [2.05, 4.69) is 13.8 Å². The molecule has 0 aromatic heterocycles. The molecule has 5 heterocycles. The van der Waals surface area contributed by atoms with Crippen molar-refractivity contribution in [3.8, 4) is 0 Å². The Morgan fingerprint density at radius 1 is 0.706 bits per heavy atom. The number of hydrogen-bond donors (Lipinski definition) is 7. The maximum atomic E-state index is 12.6. The first-order valence-electron chi connectivity index (χ1n) is 25.2. The lowest BCUT2D eigenvalue weighted by molar-refractivity contribution is -0.355. The molecule has 0 bridgehead atoms. The van der Waals surface area contributed by atoms with E-state index in [4.69, 9.17) is 47.4 Å². The molecule has 19 nitrogen and oxygen atoms in total. The quantitative estimate of drug-likeness (QED) is 0.115. The molecular formula is C49H76O19. The average molecular weight is 969 g/mol. The minimum absolute atomic E-state index is 0.0126. The third-order valence-electron chi connectivity index (χ3n) is 18.3. The summed E-state index contributed by atoms with van der Waals surface area (Å²) in [5.41, 5.74) is 0.0925. The minimum atomic E-state index is -1.68. The van der Waals surface area contributed by atoms with Gasteiger partial charge in [0.05, 0.1) is 48.8 Å². The summed E-state index contributed by atoms with van der Waals surface area (Å²) >= 11 is 0. The smallest absolute Gasteiger partial charge is 0.331 e. The van der Waals surface area contributed by atoms with Crippen LogP contribution in [0.4, 0.5) is 0 Å². The van der Waals surface area contributed by atoms with Crippen LogP contribution in [0.15, 0.2) is 11.6 Å². The number of rotatable bonds is 11. The average Bonchev–Trinajstić information content (AvgIpc) is 3.83. The van der Waals surface area contributed by atoms with E-state index in [-0.39, 0.29) is 54.0 Å². The van der Waals surface area contributed by atoms with Crippen LogP contribution in [-0.2, 0) is 57.0 Å². The van der Waals surface area contributed by atoms with E-state index in [0.717, 1.165) is 63.4 Å². The summed E-state index contributed by atoms with van der Waals surface area (Å²) < 4.78 is 60.2. The molecule has 68 heavy (non-hydrogen) atoms. The van der Waals surface area contributed by atoms with Crippen molar-refractivity contribution in [2.75, 3.05) is 13.2 Å². The summed E-state index contributed by atoms with van der Waals surface area (Å²) in [5, 5.41) is 76.1. The van der Waals surface area contributed by atoms with E-state index in [0.29, 0.717) is 18.4 Å². The van der Waals surface area contributed by atoms with E-state index in [1.807, 2.05) is 6.92 Å². The van der Waals surface area contributed by atoms with Crippen molar-refractivity contribution in [2.24, 2.45) is 34.5 Å². The number of fused-ring (bicyclic) bond motifs is 5. The molecule has 8 fully saturated rings. The van der Waals surface area contributed by atoms with Gasteiger partial charge in [-0.1, -0.05) is 13.8 Å². The zero-order valence-electron chi connectivity index (χ0n) is 40.2. The highest BCUT2D eigenvalue weighted by Gasteiger charge is 2.68. The van der Waals surface area contributed by atoms with Gasteiger partial charge in [0.25, 0.3) is 0 Å². The molecule has 19 heteroatoms. The zero-order valence-corrected chi connectivity index (χ0v) is 40.2. The Labute approximate surface area is 398 Å². The van der Waals surface area contributed by atoms with Crippen LogP contribution in [0.2, 0.25) is 0 Å². The fourth-order valence-corrected chi connectivity index (χ4v) is 14.6. The lowest BCUT2D eigenvalue weighted by Crippen LogP contribution is -2.62. The Morgan fingerprint density at radius 2 is 1.34 bits per heavy atom. The number of ether oxygens (including phenoxy) is 10. The topological polar surface area (TPSA) is 268 Å². The van der Waals surface area contributed by atoms with Crippen molar-refractivity contribution >= 4 is 11.9 Å². The number of aliphatic hydroxyl groups excluding tert-OH is 6. The largest absolute Gasteiger partial charge is 0.459 e. The van der Waals surface area contributed by atoms with Crippen molar-refractivity contribution in [3.05, 3.63) is 11.6 Å². The van der Waals surface area contributed by atoms with E-state index in [9.17, 15) is 45.3 Å². The first-order valence-corrected chi connectivity index (χ1v) is 25.2. The predicted molar refractivity (Wildman–Crippen MR) is 233 cm³/mol. The van der Waals surface area contributed by atoms with Crippen LogP contribution in [0, 0.1) is 34.5 Å². The molecule has 4 aliphatic carbocycles. The number of cyclic esters (lactones) is 1. The summed E-state index contributed by atoms with van der Waals surface area (Å²) in [7, 11) is 0. The SMILES string of the molecule is CC(=O)O[C@@H]1C[C@H](O[C@@H]2[C@H](O)C[C@@H](O[C@@H]3[C@H](O)C[C@@H](O[C@@H]4CC[C@@]5(C)[C@H](CC[C@H]6[C@@H]5CC[C@]5(C)[C@@H](C7=CC(=O)OC7)CC[C@@]65O)C4)O[C@@H]3C)O[C@@H]2C)O[C@H](C)[C@H]1O[C@H]1O[C@@H](CO)[C@H](O)[C@@H](O)[C@@H]1O. The summed E-state index contributed by atoms with van der Waals surface area (Å²) in [5.74, 6) is 0.357. The number of esters is 2. The minimum Gasteiger partial charge on any atom is -0.459 e. The molecule has 5 aliphatic heterocycles. The first-order chi connectivity index (χ1) is 32.2. The fraction of sp³-hybridized carbons (Fsp3) is 0.918. The highest BCUT2D eigenvalue weighted by molar-refractivity contribution is 5.85. The molecule has 0 spiro atoms. The second-order valence-electron chi connectivity index (χ2n) is 22.1. The molecule has 4 saturated heterocycles. The molecule has 386 valence electrons. The van der Waals surface area contributed by atoms with Crippen molar-refractivity contribution in [3.63, 3.8) is 0 Å². The second kappa shape index (κ2) is 19.8. The Bertz CT molecular complexity index is 1810. The van der Waals surface area contributed by atoms with Crippen LogP contribution in [0.3, 0.4) is 0 Å². The number of carbonyl (C=O) groups excluding carboxylic acids is 2. The predicted octanol–water partition coefficient (Wildman–Crippen LogP) is 1.64. The van der Waals surface area contributed by atoms with Crippen molar-refractivity contribution in [1.29, 1.82) is 0 Å². The molecule has 25 atom stereocenters. The van der Waals surface area contributed by atoms with Crippen LogP contribution in [0.1, 0.15) is 119 Å². The van der Waals surface area contributed by atoms with Crippen LogP contribution in [-0.4, -0.2) is 177 Å². The number of hydrogen-bond acceptors (Lipinski definition) is 19. The first kappa shape index (κ1) is 51.0. The Hall–Kier alpha value is -1.92. The molecule has 0 unspecified atom stereocenters. The summed E-state index contributed by atoms with van der Waals surface area (Å²) in [6, 6.07) is 0. The number of carbonyl (C=O) groups is 2. The lowest BCUT2D eigenvalue weighted by Gasteiger charge is -2.64. The van der Waals surface area contributed by atoms with E-state index in [1.54, 1.807) is 19.9 Å². The van der Waals surface area contributed by atoms with Gasteiger partial charge in [0.2, 0.25) is 0 Å². The molecule has 0 aromatic rings. The molecule has 9 rings (SSSR count). The molecule has 0 radical (unpaired) electrons. The van der Waals surface area contributed by atoms with E-state index >= 15 is 0 Å². The number of aliphatic hydroxyl groups is 7. The Kier molecular flexibility index (Phi) is 14.9. The molecule has 0 aromatic carbocycles. The summed E-state index contributed by atoms with van der Waals surface area (Å²) in [6.07, 6.45) is -7.65. The third-order valence-corrected chi connectivity index (χ3v) is 18.3. The second-order valence-corrected chi connectivity index (χ2v) is 22.1. The Morgan fingerprint density at radius 3 is 1.94 bits per heavy atom. The highest BCUT2D eigenvalue weighted by atomic mass is 16.8. The van der Waals surface area contributed by atoms with Gasteiger partial charge in [-0.25, -0.2) is 4.79 Å². The third kappa shape index (κ3) is 9.36. The monoisotopic (exact) mass is 968 g/mol. The van der Waals surface area contributed by atoms with Crippen molar-refractivity contribution in [2.45, 2.75) is 235 Å². The summed E-state index contributed by atoms with van der Waals surface area (Å²) in [4.78, 5) is 24.2. The van der Waals surface area contributed by atoms with Crippen molar-refractivity contribution < 1.29 is 92.7 Å². The van der Waals surface area contributed by atoms with E-state index in [1.165, 1.54) is 6.92 Å². The summed E-state index contributed by atoms with van der Waals surface area (Å²) in [6.45, 7) is 10.8. The molecular weight excluding hydrogens is 893 g/mol. The van der Waals surface area contributed by atoms with E-state index < -0.39 is 123 Å². The highest BCUT2D eigenvalue weighted by Crippen LogP contribution is 2.70. The van der Waals surface area contributed by atoms with Crippen molar-refractivity contribution in [1.82, 2.24) is 0 Å². The molecule has 0 amide bonds. The zero-order chi connectivity index (χ0) is 48.6. The van der Waals surface area contributed by atoms with Crippen LogP contribution in [0.25, 0.3) is 0 Å². The van der Waals surface area contributed by atoms with Gasteiger partial charge in [-0.05, 0) is 113 Å². The van der Waals surface area contributed by atoms with Gasteiger partial charge in [-0.3, -0.25) is 4.79 Å². The molecule has 9 aliphatic rings. The maximum Gasteiger partial charge on any atom is 0.331 e. The lowest BCUT2D eigenvalue weighted by atomic mass is 9.43.